The Labute approximate surface area is 169 Å². The van der Waals surface area contributed by atoms with Crippen LogP contribution in [0, 0.1) is 5.82 Å². The molecule has 0 spiro atoms. The third kappa shape index (κ3) is 3.68. The molecule has 2 unspecified atom stereocenters. The summed E-state index contributed by atoms with van der Waals surface area (Å²) in [5.41, 5.74) is -0.477. The van der Waals surface area contributed by atoms with Gasteiger partial charge in [0.25, 0.3) is 5.91 Å². The highest BCUT2D eigenvalue weighted by molar-refractivity contribution is 5.98. The molecule has 0 radical (unpaired) electrons. The van der Waals surface area contributed by atoms with Gasteiger partial charge in [-0.2, -0.15) is 0 Å². The molecule has 1 amide bonds. The minimum absolute atomic E-state index is 0.214. The molecule has 1 aliphatic heterocycles. The van der Waals surface area contributed by atoms with Crippen LogP contribution < -0.4 is 0 Å². The number of carbonyl (C=O) groups is 2. The van der Waals surface area contributed by atoms with E-state index in [0.29, 0.717) is 16.7 Å². The standard InChI is InChI=1S/C23H24FNO4/c1-4-29-21(26)14-13-20-23(28,16-9-11-17(24)12-10-16)19-8-6-5-7-18(19)22(27)25(20)15(2)3/h5-15,20,28H,4H2,1-3H3/b14-13+. The van der Waals surface area contributed by atoms with Crippen molar-refractivity contribution in [2.45, 2.75) is 38.5 Å². The van der Waals surface area contributed by atoms with Crippen LogP contribution >= 0.6 is 0 Å². The molecule has 5 nitrogen and oxygen atoms in total. The van der Waals surface area contributed by atoms with E-state index in [1.165, 1.54) is 41.3 Å². The smallest absolute Gasteiger partial charge is 0.330 e. The molecule has 152 valence electrons. The molecule has 0 aliphatic carbocycles. The lowest BCUT2D eigenvalue weighted by Crippen LogP contribution is -2.59. The summed E-state index contributed by atoms with van der Waals surface area (Å²) in [4.78, 5) is 26.7. The minimum Gasteiger partial charge on any atom is -0.463 e. The van der Waals surface area contributed by atoms with E-state index < -0.39 is 23.4 Å². The molecular weight excluding hydrogens is 373 g/mol. The Morgan fingerprint density at radius 3 is 2.52 bits per heavy atom. The van der Waals surface area contributed by atoms with Crippen LogP contribution in [0.1, 0.15) is 42.3 Å². The first-order valence-electron chi connectivity index (χ1n) is 9.56. The number of nitrogens with zero attached hydrogens (tertiary/aromatic N) is 1. The van der Waals surface area contributed by atoms with E-state index in [0.717, 1.165) is 0 Å². The van der Waals surface area contributed by atoms with Crippen molar-refractivity contribution in [3.8, 4) is 0 Å². The number of carbonyl (C=O) groups excluding carboxylic acids is 2. The van der Waals surface area contributed by atoms with Crippen molar-refractivity contribution >= 4 is 11.9 Å². The van der Waals surface area contributed by atoms with E-state index in [-0.39, 0.29) is 18.6 Å². The first-order chi connectivity index (χ1) is 13.8. The quantitative estimate of drug-likeness (QED) is 0.620. The van der Waals surface area contributed by atoms with Gasteiger partial charge in [0.2, 0.25) is 0 Å². The van der Waals surface area contributed by atoms with Crippen LogP contribution in [-0.4, -0.2) is 40.6 Å². The van der Waals surface area contributed by atoms with Gasteiger partial charge in [-0.25, -0.2) is 9.18 Å². The summed E-state index contributed by atoms with van der Waals surface area (Å²) in [5, 5.41) is 12.0. The molecule has 29 heavy (non-hydrogen) atoms. The van der Waals surface area contributed by atoms with Crippen LogP contribution in [0.4, 0.5) is 4.39 Å². The number of ether oxygens (including phenoxy) is 1. The topological polar surface area (TPSA) is 66.8 Å². The summed E-state index contributed by atoms with van der Waals surface area (Å²) in [5.74, 6) is -1.25. The van der Waals surface area contributed by atoms with Gasteiger partial charge in [0.1, 0.15) is 11.4 Å². The molecule has 2 atom stereocenters. The monoisotopic (exact) mass is 397 g/mol. The van der Waals surface area contributed by atoms with Crippen molar-refractivity contribution < 1.29 is 23.8 Å². The van der Waals surface area contributed by atoms with E-state index in [1.807, 2.05) is 13.8 Å². The molecule has 0 saturated heterocycles. The fraction of sp³-hybridized carbons (Fsp3) is 0.304. The van der Waals surface area contributed by atoms with E-state index >= 15 is 0 Å². The Balaban J connectivity index is 2.25. The fourth-order valence-electron chi connectivity index (χ4n) is 3.81. The minimum atomic E-state index is -1.68. The second kappa shape index (κ2) is 8.17. The second-order valence-electron chi connectivity index (χ2n) is 7.18. The first-order valence-corrected chi connectivity index (χ1v) is 9.56. The number of rotatable bonds is 5. The summed E-state index contributed by atoms with van der Waals surface area (Å²) in [6.07, 6.45) is 2.70. The SMILES string of the molecule is CCOC(=O)/C=C/C1N(C(C)C)C(=O)c2ccccc2C1(O)c1ccc(F)cc1. The number of amides is 1. The van der Waals surface area contributed by atoms with Gasteiger partial charge in [-0.15, -0.1) is 0 Å². The van der Waals surface area contributed by atoms with E-state index in [2.05, 4.69) is 0 Å². The van der Waals surface area contributed by atoms with Gasteiger partial charge in [-0.3, -0.25) is 4.79 Å². The Morgan fingerprint density at radius 2 is 1.90 bits per heavy atom. The van der Waals surface area contributed by atoms with Crippen molar-refractivity contribution in [3.63, 3.8) is 0 Å². The first kappa shape index (κ1) is 20.7. The average molecular weight is 397 g/mol. The van der Waals surface area contributed by atoms with Crippen molar-refractivity contribution in [3.05, 3.63) is 83.2 Å². The molecule has 1 N–H and O–H groups in total. The van der Waals surface area contributed by atoms with Gasteiger partial charge in [0, 0.05) is 23.2 Å². The normalized spacial score (nSPS) is 21.5. The molecule has 2 aromatic carbocycles. The zero-order valence-corrected chi connectivity index (χ0v) is 16.6. The molecule has 0 saturated carbocycles. The highest BCUT2D eigenvalue weighted by Crippen LogP contribution is 2.43. The predicted octanol–water partition coefficient (Wildman–Crippen LogP) is 3.41. The van der Waals surface area contributed by atoms with Crippen LogP contribution in [0.25, 0.3) is 0 Å². The molecule has 0 fully saturated rings. The number of aliphatic hydroxyl groups is 1. The fourth-order valence-corrected chi connectivity index (χ4v) is 3.81. The van der Waals surface area contributed by atoms with E-state index in [9.17, 15) is 19.1 Å². The Kier molecular flexibility index (Phi) is 5.84. The van der Waals surface area contributed by atoms with E-state index in [1.54, 1.807) is 31.2 Å². The number of hydrogen-bond donors (Lipinski definition) is 1. The summed E-state index contributed by atoms with van der Waals surface area (Å²) in [6, 6.07) is 11.2. The molecule has 0 aromatic heterocycles. The molecule has 2 aromatic rings. The number of benzene rings is 2. The van der Waals surface area contributed by atoms with Gasteiger partial charge >= 0.3 is 5.97 Å². The highest BCUT2D eigenvalue weighted by atomic mass is 19.1. The van der Waals surface area contributed by atoms with Crippen LogP contribution in [0.15, 0.2) is 60.7 Å². The van der Waals surface area contributed by atoms with Gasteiger partial charge in [-0.1, -0.05) is 36.4 Å². The Hall–Kier alpha value is -2.99. The van der Waals surface area contributed by atoms with Crippen LogP contribution in [-0.2, 0) is 15.1 Å². The lowest BCUT2D eigenvalue weighted by molar-refractivity contribution is -0.137. The average Bonchev–Trinajstić information content (AvgIpc) is 2.70. The zero-order valence-electron chi connectivity index (χ0n) is 16.6. The maximum absolute atomic E-state index is 13.6. The van der Waals surface area contributed by atoms with Crippen LogP contribution in [0.5, 0.6) is 0 Å². The van der Waals surface area contributed by atoms with Crippen LogP contribution in [0.3, 0.4) is 0 Å². The van der Waals surface area contributed by atoms with Gasteiger partial charge in [-0.05, 0) is 44.5 Å². The third-order valence-electron chi connectivity index (χ3n) is 5.07. The summed E-state index contributed by atoms with van der Waals surface area (Å²) >= 11 is 0. The van der Waals surface area contributed by atoms with E-state index in [4.69, 9.17) is 4.74 Å². The lowest BCUT2D eigenvalue weighted by Gasteiger charge is -2.48. The van der Waals surface area contributed by atoms with Crippen molar-refractivity contribution in [2.75, 3.05) is 6.61 Å². The number of esters is 1. The molecule has 6 heteroatoms. The molecule has 0 bridgehead atoms. The van der Waals surface area contributed by atoms with Gasteiger partial charge < -0.3 is 14.7 Å². The number of hydrogen-bond acceptors (Lipinski definition) is 4. The zero-order chi connectivity index (χ0) is 21.2. The molecule has 1 aliphatic rings. The maximum atomic E-state index is 13.6. The van der Waals surface area contributed by atoms with Gasteiger partial charge in [0.05, 0.1) is 12.6 Å². The summed E-state index contributed by atoms with van der Waals surface area (Å²) in [7, 11) is 0. The van der Waals surface area contributed by atoms with Crippen molar-refractivity contribution in [2.24, 2.45) is 0 Å². The van der Waals surface area contributed by atoms with Crippen molar-refractivity contribution in [1.82, 2.24) is 4.90 Å². The highest BCUT2D eigenvalue weighted by Gasteiger charge is 2.50. The maximum Gasteiger partial charge on any atom is 0.330 e. The summed E-state index contributed by atoms with van der Waals surface area (Å²) in [6.45, 7) is 5.58. The summed E-state index contributed by atoms with van der Waals surface area (Å²) < 4.78 is 18.5. The molecular formula is C23H24FNO4. The van der Waals surface area contributed by atoms with Crippen LogP contribution in [0.2, 0.25) is 0 Å². The van der Waals surface area contributed by atoms with Gasteiger partial charge in [0.15, 0.2) is 0 Å². The predicted molar refractivity (Wildman–Crippen MR) is 107 cm³/mol. The lowest BCUT2D eigenvalue weighted by atomic mass is 9.73. The second-order valence-corrected chi connectivity index (χ2v) is 7.18. The third-order valence-corrected chi connectivity index (χ3v) is 5.07. The Bertz CT molecular complexity index is 938. The largest absolute Gasteiger partial charge is 0.463 e. The number of halogens is 1. The Morgan fingerprint density at radius 1 is 1.24 bits per heavy atom. The molecule has 1 heterocycles. The number of fused-ring (bicyclic) bond motifs is 1. The van der Waals surface area contributed by atoms with Crippen molar-refractivity contribution in [1.29, 1.82) is 0 Å². The molecule has 3 rings (SSSR count).